The van der Waals surface area contributed by atoms with Crippen LogP contribution in [0.1, 0.15) is 35.7 Å². The van der Waals surface area contributed by atoms with Gasteiger partial charge in [0.25, 0.3) is 5.91 Å². The molecule has 0 fully saturated rings. The molecule has 0 saturated heterocycles. The van der Waals surface area contributed by atoms with Gasteiger partial charge in [0.05, 0.1) is 18.4 Å². The SMILES string of the molecule is COc1cccc(NC(=O)CSc2ccccc2C(=O)Nc2cccc(C(C)C)c2)c1. The van der Waals surface area contributed by atoms with Gasteiger partial charge < -0.3 is 15.4 Å². The van der Waals surface area contributed by atoms with Gasteiger partial charge in [0.1, 0.15) is 5.75 Å². The Morgan fingerprint density at radius 3 is 2.35 bits per heavy atom. The zero-order valence-electron chi connectivity index (χ0n) is 17.8. The average Bonchev–Trinajstić information content (AvgIpc) is 2.78. The van der Waals surface area contributed by atoms with Crippen LogP contribution >= 0.6 is 11.8 Å². The lowest BCUT2D eigenvalue weighted by atomic mass is 10.0. The van der Waals surface area contributed by atoms with Crippen molar-refractivity contribution in [2.75, 3.05) is 23.5 Å². The zero-order valence-corrected chi connectivity index (χ0v) is 18.7. The first-order chi connectivity index (χ1) is 15.0. The third-order valence-electron chi connectivity index (χ3n) is 4.66. The molecule has 0 spiro atoms. The average molecular weight is 435 g/mol. The number of methoxy groups -OCH3 is 1. The third kappa shape index (κ3) is 6.36. The molecule has 0 heterocycles. The molecule has 3 rings (SSSR count). The van der Waals surface area contributed by atoms with Crippen molar-refractivity contribution < 1.29 is 14.3 Å². The minimum Gasteiger partial charge on any atom is -0.497 e. The molecular weight excluding hydrogens is 408 g/mol. The molecule has 3 aromatic carbocycles. The van der Waals surface area contributed by atoms with Crippen molar-refractivity contribution in [3.8, 4) is 5.75 Å². The van der Waals surface area contributed by atoms with Crippen LogP contribution in [0, 0.1) is 0 Å². The highest BCUT2D eigenvalue weighted by Gasteiger charge is 2.14. The molecule has 5 nitrogen and oxygen atoms in total. The van der Waals surface area contributed by atoms with Gasteiger partial charge in [-0.15, -0.1) is 11.8 Å². The summed E-state index contributed by atoms with van der Waals surface area (Å²) in [5, 5.41) is 5.82. The molecule has 0 aliphatic rings. The van der Waals surface area contributed by atoms with E-state index < -0.39 is 0 Å². The molecule has 0 aromatic heterocycles. The first kappa shape index (κ1) is 22.4. The first-order valence-corrected chi connectivity index (χ1v) is 11.0. The Morgan fingerprint density at radius 2 is 1.61 bits per heavy atom. The maximum atomic E-state index is 12.9. The Labute approximate surface area is 187 Å². The second-order valence-electron chi connectivity index (χ2n) is 7.30. The van der Waals surface area contributed by atoms with Crippen molar-refractivity contribution in [3.05, 3.63) is 83.9 Å². The fourth-order valence-corrected chi connectivity index (χ4v) is 3.85. The van der Waals surface area contributed by atoms with Crippen LogP contribution in [0.3, 0.4) is 0 Å². The Bertz CT molecular complexity index is 1070. The summed E-state index contributed by atoms with van der Waals surface area (Å²) in [6, 6.07) is 22.3. The van der Waals surface area contributed by atoms with Crippen LogP contribution in [0.15, 0.2) is 77.7 Å². The minimum absolute atomic E-state index is 0.155. The first-order valence-electron chi connectivity index (χ1n) is 10.0. The van der Waals surface area contributed by atoms with E-state index in [4.69, 9.17) is 4.74 Å². The van der Waals surface area contributed by atoms with E-state index in [9.17, 15) is 9.59 Å². The maximum absolute atomic E-state index is 12.9. The standard InChI is InChI=1S/C25H26N2O3S/c1-17(2)18-8-6-9-19(14-18)27-25(29)22-12-4-5-13-23(22)31-16-24(28)26-20-10-7-11-21(15-20)30-3/h4-15,17H,16H2,1-3H3,(H,26,28)(H,27,29). The number of hydrogen-bond acceptors (Lipinski definition) is 4. The Hall–Kier alpha value is -3.25. The Morgan fingerprint density at radius 1 is 0.903 bits per heavy atom. The number of benzene rings is 3. The second-order valence-corrected chi connectivity index (χ2v) is 8.32. The summed E-state index contributed by atoms with van der Waals surface area (Å²) in [7, 11) is 1.58. The predicted octanol–water partition coefficient (Wildman–Crippen LogP) is 5.80. The molecule has 2 amide bonds. The zero-order chi connectivity index (χ0) is 22.2. The van der Waals surface area contributed by atoms with Gasteiger partial charge in [-0.3, -0.25) is 9.59 Å². The summed E-state index contributed by atoms with van der Waals surface area (Å²) in [6.45, 7) is 4.23. The normalized spacial score (nSPS) is 10.6. The summed E-state index contributed by atoms with van der Waals surface area (Å²) in [6.07, 6.45) is 0. The van der Waals surface area contributed by atoms with E-state index in [-0.39, 0.29) is 17.6 Å². The molecule has 160 valence electrons. The molecule has 0 atom stereocenters. The lowest BCUT2D eigenvalue weighted by Gasteiger charge is -2.12. The van der Waals surface area contributed by atoms with Crippen LogP contribution in [-0.2, 0) is 4.79 Å². The summed E-state index contributed by atoms with van der Waals surface area (Å²) < 4.78 is 5.18. The van der Waals surface area contributed by atoms with Crippen LogP contribution in [0.2, 0.25) is 0 Å². The minimum atomic E-state index is -0.197. The Balaban J connectivity index is 1.65. The van der Waals surface area contributed by atoms with Gasteiger partial charge in [-0.05, 0) is 47.9 Å². The molecule has 0 aliphatic carbocycles. The highest BCUT2D eigenvalue weighted by molar-refractivity contribution is 8.00. The van der Waals surface area contributed by atoms with Crippen LogP contribution < -0.4 is 15.4 Å². The van der Waals surface area contributed by atoms with E-state index in [1.807, 2.05) is 54.6 Å². The fourth-order valence-electron chi connectivity index (χ4n) is 3.00. The van der Waals surface area contributed by atoms with Crippen molar-refractivity contribution in [3.63, 3.8) is 0 Å². The number of ether oxygens (including phenoxy) is 1. The molecule has 31 heavy (non-hydrogen) atoms. The molecule has 0 saturated carbocycles. The number of carbonyl (C=O) groups is 2. The van der Waals surface area contributed by atoms with Crippen LogP contribution in [0.5, 0.6) is 5.75 Å². The monoisotopic (exact) mass is 434 g/mol. The van der Waals surface area contributed by atoms with Crippen LogP contribution in [0.4, 0.5) is 11.4 Å². The van der Waals surface area contributed by atoms with Crippen molar-refractivity contribution in [2.24, 2.45) is 0 Å². The van der Waals surface area contributed by atoms with Crippen molar-refractivity contribution in [1.29, 1.82) is 0 Å². The maximum Gasteiger partial charge on any atom is 0.256 e. The van der Waals surface area contributed by atoms with Crippen LogP contribution in [0.25, 0.3) is 0 Å². The van der Waals surface area contributed by atoms with Gasteiger partial charge in [-0.1, -0.05) is 44.2 Å². The molecule has 2 N–H and O–H groups in total. The molecular formula is C25H26N2O3S. The smallest absolute Gasteiger partial charge is 0.256 e. The molecule has 0 aliphatic heterocycles. The molecule has 0 radical (unpaired) electrons. The Kier molecular flexibility index (Phi) is 7.73. The van der Waals surface area contributed by atoms with E-state index in [0.29, 0.717) is 22.9 Å². The highest BCUT2D eigenvalue weighted by atomic mass is 32.2. The van der Waals surface area contributed by atoms with Gasteiger partial charge in [-0.2, -0.15) is 0 Å². The number of rotatable bonds is 8. The largest absolute Gasteiger partial charge is 0.497 e. The van der Waals surface area contributed by atoms with Gasteiger partial charge in [0, 0.05) is 22.3 Å². The number of thioether (sulfide) groups is 1. The van der Waals surface area contributed by atoms with Gasteiger partial charge in [0.2, 0.25) is 5.91 Å². The number of nitrogens with one attached hydrogen (secondary N) is 2. The lowest BCUT2D eigenvalue weighted by molar-refractivity contribution is -0.113. The lowest BCUT2D eigenvalue weighted by Crippen LogP contribution is -2.16. The van der Waals surface area contributed by atoms with E-state index in [0.717, 1.165) is 16.1 Å². The van der Waals surface area contributed by atoms with Gasteiger partial charge in [-0.25, -0.2) is 0 Å². The third-order valence-corrected chi connectivity index (χ3v) is 5.73. The molecule has 0 unspecified atom stereocenters. The predicted molar refractivity (Wildman–Crippen MR) is 127 cm³/mol. The van der Waals surface area contributed by atoms with Crippen molar-refractivity contribution >= 4 is 35.0 Å². The molecule has 0 bridgehead atoms. The highest BCUT2D eigenvalue weighted by Crippen LogP contribution is 2.25. The van der Waals surface area contributed by atoms with Crippen molar-refractivity contribution in [1.82, 2.24) is 0 Å². The number of amides is 2. The molecule has 6 heteroatoms. The summed E-state index contributed by atoms with van der Waals surface area (Å²) in [5.74, 6) is 0.886. The van der Waals surface area contributed by atoms with E-state index in [2.05, 4.69) is 24.5 Å². The molecule has 3 aromatic rings. The number of hydrogen-bond donors (Lipinski definition) is 2. The van der Waals surface area contributed by atoms with E-state index in [1.165, 1.54) is 11.8 Å². The summed E-state index contributed by atoms with van der Waals surface area (Å²) >= 11 is 1.33. The number of carbonyl (C=O) groups excluding carboxylic acids is 2. The van der Waals surface area contributed by atoms with E-state index >= 15 is 0 Å². The van der Waals surface area contributed by atoms with Crippen molar-refractivity contribution in [2.45, 2.75) is 24.7 Å². The second kappa shape index (κ2) is 10.7. The summed E-state index contributed by atoms with van der Waals surface area (Å²) in [4.78, 5) is 26.0. The summed E-state index contributed by atoms with van der Waals surface area (Å²) in [5.41, 5.74) is 3.12. The van der Waals surface area contributed by atoms with Gasteiger partial charge in [0.15, 0.2) is 0 Å². The fraction of sp³-hybridized carbons (Fsp3) is 0.200. The van der Waals surface area contributed by atoms with Gasteiger partial charge >= 0.3 is 0 Å². The quantitative estimate of drug-likeness (QED) is 0.440. The van der Waals surface area contributed by atoms with Crippen LogP contribution in [-0.4, -0.2) is 24.7 Å². The topological polar surface area (TPSA) is 67.4 Å². The number of anilines is 2. The van der Waals surface area contributed by atoms with E-state index in [1.54, 1.807) is 25.3 Å².